The summed E-state index contributed by atoms with van der Waals surface area (Å²) in [6.45, 7) is 2.03. The number of ether oxygens (including phenoxy) is 1. The SMILES string of the molecule is CCOC(=O)Cc1ccccc1N(C(=O)c1ccccc1)c1c(Cl)cccc1Cl. The maximum Gasteiger partial charge on any atom is 0.310 e. The van der Waals surface area contributed by atoms with Gasteiger partial charge < -0.3 is 4.74 Å². The van der Waals surface area contributed by atoms with Gasteiger partial charge in [-0.2, -0.15) is 0 Å². The molecule has 1 amide bonds. The van der Waals surface area contributed by atoms with Crippen molar-refractivity contribution in [1.29, 1.82) is 0 Å². The molecule has 3 rings (SSSR count). The van der Waals surface area contributed by atoms with Gasteiger partial charge in [0.1, 0.15) is 0 Å². The molecule has 4 nitrogen and oxygen atoms in total. The lowest BCUT2D eigenvalue weighted by molar-refractivity contribution is -0.142. The number of benzene rings is 3. The zero-order valence-corrected chi connectivity index (χ0v) is 17.3. The highest BCUT2D eigenvalue weighted by Gasteiger charge is 2.26. The van der Waals surface area contributed by atoms with Crippen LogP contribution in [0.4, 0.5) is 11.4 Å². The summed E-state index contributed by atoms with van der Waals surface area (Å²) in [6, 6.07) is 21.0. The first-order valence-corrected chi connectivity index (χ1v) is 9.85. The van der Waals surface area contributed by atoms with E-state index in [1.807, 2.05) is 6.07 Å². The number of esters is 1. The molecule has 0 atom stereocenters. The third-order valence-electron chi connectivity index (χ3n) is 4.26. The van der Waals surface area contributed by atoms with E-state index in [9.17, 15) is 9.59 Å². The van der Waals surface area contributed by atoms with Gasteiger partial charge in [-0.1, -0.05) is 65.7 Å². The first kappa shape index (κ1) is 20.9. The molecule has 3 aromatic carbocycles. The van der Waals surface area contributed by atoms with Crippen molar-refractivity contribution < 1.29 is 14.3 Å². The number of anilines is 2. The van der Waals surface area contributed by atoms with Gasteiger partial charge in [0.05, 0.1) is 34.4 Å². The molecule has 0 aliphatic carbocycles. The molecule has 0 saturated carbocycles. The van der Waals surface area contributed by atoms with E-state index in [4.69, 9.17) is 27.9 Å². The van der Waals surface area contributed by atoms with E-state index in [-0.39, 0.29) is 24.9 Å². The molecular formula is C23H19Cl2NO3. The molecule has 0 radical (unpaired) electrons. The van der Waals surface area contributed by atoms with E-state index < -0.39 is 0 Å². The number of carbonyl (C=O) groups is 2. The molecule has 0 fully saturated rings. The number of amides is 1. The van der Waals surface area contributed by atoms with Crippen molar-refractivity contribution in [3.8, 4) is 0 Å². The summed E-state index contributed by atoms with van der Waals surface area (Å²) < 4.78 is 5.08. The fourth-order valence-electron chi connectivity index (χ4n) is 2.99. The van der Waals surface area contributed by atoms with E-state index in [1.165, 1.54) is 4.90 Å². The van der Waals surface area contributed by atoms with Crippen LogP contribution in [0.15, 0.2) is 72.8 Å². The summed E-state index contributed by atoms with van der Waals surface area (Å²) in [5.41, 5.74) is 1.98. The predicted molar refractivity (Wildman–Crippen MR) is 116 cm³/mol. The molecule has 148 valence electrons. The maximum absolute atomic E-state index is 13.5. The second-order valence-corrected chi connectivity index (χ2v) is 7.00. The van der Waals surface area contributed by atoms with Gasteiger partial charge in [0, 0.05) is 5.56 Å². The molecule has 0 aliphatic rings. The Morgan fingerprint density at radius 2 is 1.48 bits per heavy atom. The topological polar surface area (TPSA) is 46.6 Å². The zero-order valence-electron chi connectivity index (χ0n) is 15.8. The van der Waals surface area contributed by atoms with Gasteiger partial charge in [-0.3, -0.25) is 14.5 Å². The van der Waals surface area contributed by atoms with Gasteiger partial charge in [-0.05, 0) is 42.8 Å². The molecule has 0 unspecified atom stereocenters. The Hall–Kier alpha value is -2.82. The predicted octanol–water partition coefficient (Wildman–Crippen LogP) is 6.08. The Bertz CT molecular complexity index is 1000. The molecule has 0 spiro atoms. The van der Waals surface area contributed by atoms with E-state index in [0.717, 1.165) is 0 Å². The van der Waals surface area contributed by atoms with Crippen molar-refractivity contribution in [2.45, 2.75) is 13.3 Å². The van der Waals surface area contributed by atoms with Crippen LogP contribution < -0.4 is 4.90 Å². The van der Waals surface area contributed by atoms with Gasteiger partial charge in [0.15, 0.2) is 0 Å². The fraction of sp³-hybridized carbons (Fsp3) is 0.130. The summed E-state index contributed by atoms with van der Waals surface area (Å²) in [7, 11) is 0. The van der Waals surface area contributed by atoms with Crippen molar-refractivity contribution in [1.82, 2.24) is 0 Å². The molecule has 6 heteroatoms. The smallest absolute Gasteiger partial charge is 0.310 e. The molecule has 0 heterocycles. The van der Waals surface area contributed by atoms with Crippen LogP contribution >= 0.6 is 23.2 Å². The first-order chi connectivity index (χ1) is 14.0. The molecule has 3 aromatic rings. The van der Waals surface area contributed by atoms with Crippen LogP contribution in [0.25, 0.3) is 0 Å². The number of rotatable bonds is 6. The molecule has 0 aliphatic heterocycles. The minimum Gasteiger partial charge on any atom is -0.466 e. The van der Waals surface area contributed by atoms with Gasteiger partial charge in [0.25, 0.3) is 5.91 Å². The Balaban J connectivity index is 2.17. The number of para-hydroxylation sites is 2. The molecule has 0 bridgehead atoms. The normalized spacial score (nSPS) is 10.4. The zero-order chi connectivity index (χ0) is 20.8. The lowest BCUT2D eigenvalue weighted by Gasteiger charge is -2.27. The minimum absolute atomic E-state index is 0.0185. The molecule has 0 saturated heterocycles. The van der Waals surface area contributed by atoms with Crippen LogP contribution in [0.3, 0.4) is 0 Å². The van der Waals surface area contributed by atoms with Crippen molar-refractivity contribution >= 4 is 46.5 Å². The average molecular weight is 428 g/mol. The van der Waals surface area contributed by atoms with Crippen molar-refractivity contribution in [3.63, 3.8) is 0 Å². The second-order valence-electron chi connectivity index (χ2n) is 6.19. The summed E-state index contributed by atoms with van der Waals surface area (Å²) in [5, 5.41) is 0.653. The van der Waals surface area contributed by atoms with Gasteiger partial charge in [-0.15, -0.1) is 0 Å². The first-order valence-electron chi connectivity index (χ1n) is 9.10. The molecule has 29 heavy (non-hydrogen) atoms. The highest BCUT2D eigenvalue weighted by atomic mass is 35.5. The third-order valence-corrected chi connectivity index (χ3v) is 4.87. The van der Waals surface area contributed by atoms with Crippen molar-refractivity contribution in [2.24, 2.45) is 0 Å². The van der Waals surface area contributed by atoms with Gasteiger partial charge in [-0.25, -0.2) is 0 Å². The second kappa shape index (κ2) is 9.59. The van der Waals surface area contributed by atoms with Gasteiger partial charge >= 0.3 is 5.97 Å². The van der Waals surface area contributed by atoms with Crippen LogP contribution in [0.1, 0.15) is 22.8 Å². The monoisotopic (exact) mass is 427 g/mol. The summed E-state index contributed by atoms with van der Waals surface area (Å²) in [4.78, 5) is 27.1. The van der Waals surface area contributed by atoms with E-state index in [1.54, 1.807) is 73.7 Å². The highest BCUT2D eigenvalue weighted by Crippen LogP contribution is 2.40. The van der Waals surface area contributed by atoms with E-state index in [0.29, 0.717) is 32.5 Å². The van der Waals surface area contributed by atoms with Crippen LogP contribution in [0, 0.1) is 0 Å². The Kier molecular flexibility index (Phi) is 6.91. The molecule has 0 N–H and O–H groups in total. The Labute approximate surface area is 179 Å². The summed E-state index contributed by atoms with van der Waals surface area (Å²) in [6.07, 6.45) is 0.0185. The van der Waals surface area contributed by atoms with Crippen LogP contribution in [0.5, 0.6) is 0 Å². The number of nitrogens with zero attached hydrogens (tertiary/aromatic N) is 1. The number of hydrogen-bond donors (Lipinski definition) is 0. The number of halogens is 2. The van der Waals surface area contributed by atoms with Crippen LogP contribution in [0.2, 0.25) is 10.0 Å². The Morgan fingerprint density at radius 3 is 2.14 bits per heavy atom. The highest BCUT2D eigenvalue weighted by molar-refractivity contribution is 6.40. The lowest BCUT2D eigenvalue weighted by Crippen LogP contribution is -2.28. The fourth-order valence-corrected chi connectivity index (χ4v) is 3.56. The quantitative estimate of drug-likeness (QED) is 0.447. The van der Waals surface area contributed by atoms with Crippen molar-refractivity contribution in [3.05, 3.63) is 94.0 Å². The number of hydrogen-bond acceptors (Lipinski definition) is 3. The van der Waals surface area contributed by atoms with Crippen molar-refractivity contribution in [2.75, 3.05) is 11.5 Å². The average Bonchev–Trinajstić information content (AvgIpc) is 2.72. The van der Waals surface area contributed by atoms with Gasteiger partial charge in [0.2, 0.25) is 0 Å². The maximum atomic E-state index is 13.5. The minimum atomic E-state index is -0.377. The summed E-state index contributed by atoms with van der Waals surface area (Å²) in [5.74, 6) is -0.686. The van der Waals surface area contributed by atoms with E-state index in [2.05, 4.69) is 0 Å². The Morgan fingerprint density at radius 1 is 0.862 bits per heavy atom. The number of carbonyl (C=O) groups excluding carboxylic acids is 2. The summed E-state index contributed by atoms with van der Waals surface area (Å²) >= 11 is 12.9. The third kappa shape index (κ3) is 4.78. The van der Waals surface area contributed by atoms with E-state index >= 15 is 0 Å². The lowest BCUT2D eigenvalue weighted by atomic mass is 10.1. The molecular weight excluding hydrogens is 409 g/mol. The van der Waals surface area contributed by atoms with Crippen LogP contribution in [-0.2, 0) is 16.0 Å². The molecule has 0 aromatic heterocycles. The van der Waals surface area contributed by atoms with Crippen LogP contribution in [-0.4, -0.2) is 18.5 Å². The standard InChI is InChI=1S/C23H19Cl2NO3/c1-2-29-21(27)15-17-11-6-7-14-20(17)26(22-18(24)12-8-13-19(22)25)23(28)16-9-4-3-5-10-16/h3-14H,2,15H2,1H3. The largest absolute Gasteiger partial charge is 0.466 e.